The van der Waals surface area contributed by atoms with Gasteiger partial charge in [-0.3, -0.25) is 0 Å². The van der Waals surface area contributed by atoms with Gasteiger partial charge in [0.25, 0.3) is 0 Å². The highest BCUT2D eigenvalue weighted by Crippen LogP contribution is 2.44. The van der Waals surface area contributed by atoms with Crippen molar-refractivity contribution in [3.63, 3.8) is 0 Å². The van der Waals surface area contributed by atoms with Gasteiger partial charge in [0, 0.05) is 47.7 Å². The molecular weight excluding hydrogens is 586 g/mol. The Hall–Kier alpha value is -3.53. The monoisotopic (exact) mass is 631 g/mol. The molecule has 3 aromatic heterocycles. The molecule has 3 aromatic rings. The van der Waals surface area contributed by atoms with Gasteiger partial charge in [-0.1, -0.05) is 31.8 Å². The molecular formula is C33H45N9O2S. The smallest absolute Gasteiger partial charge is 0.186 e. The quantitative estimate of drug-likeness (QED) is 0.211. The summed E-state index contributed by atoms with van der Waals surface area (Å²) in [4.78, 5) is 15.9. The molecule has 0 saturated carbocycles. The van der Waals surface area contributed by atoms with E-state index in [0.717, 1.165) is 106 Å². The SMILES string of the molecule is CCCCc1c(-c2nc(NCC3CCCN3C)c(C=N)c(N3CCCC4(COC4)C3)n2)noc1-c1c(CCC)sc(N)c1C#N. The van der Waals surface area contributed by atoms with Gasteiger partial charge >= 0.3 is 0 Å². The van der Waals surface area contributed by atoms with Crippen LogP contribution in [0.25, 0.3) is 22.8 Å². The van der Waals surface area contributed by atoms with Gasteiger partial charge in [-0.2, -0.15) is 5.26 Å². The van der Waals surface area contributed by atoms with Crippen molar-refractivity contribution in [2.45, 2.75) is 77.7 Å². The van der Waals surface area contributed by atoms with E-state index >= 15 is 0 Å². The number of likely N-dealkylation sites (tertiary alicyclic amines) is 1. The molecule has 3 aliphatic heterocycles. The second-order valence-corrected chi connectivity index (χ2v) is 14.0. The third-order valence-corrected chi connectivity index (χ3v) is 10.7. The topological polar surface area (TPSA) is 153 Å². The van der Waals surface area contributed by atoms with Crippen molar-refractivity contribution in [1.29, 1.82) is 10.7 Å². The molecule has 0 amide bonds. The normalized spacial score (nSPS) is 19.5. The number of piperidine rings is 1. The van der Waals surface area contributed by atoms with Gasteiger partial charge in [-0.25, -0.2) is 9.97 Å². The van der Waals surface area contributed by atoms with Crippen LogP contribution in [-0.4, -0.2) is 78.7 Å². The van der Waals surface area contributed by atoms with Gasteiger partial charge in [-0.05, 0) is 58.5 Å². The maximum atomic E-state index is 10.1. The van der Waals surface area contributed by atoms with Crippen molar-refractivity contribution in [3.05, 3.63) is 21.6 Å². The lowest BCUT2D eigenvalue weighted by Gasteiger charge is -2.48. The Morgan fingerprint density at radius 2 is 2.04 bits per heavy atom. The van der Waals surface area contributed by atoms with Crippen molar-refractivity contribution in [2.75, 3.05) is 62.4 Å². The predicted octanol–water partition coefficient (Wildman–Crippen LogP) is 5.73. The second kappa shape index (κ2) is 13.4. The number of nitrogens with zero attached hydrogens (tertiary/aromatic N) is 6. The van der Waals surface area contributed by atoms with Crippen LogP contribution < -0.4 is 16.0 Å². The standard InChI is InChI=1S/C33H45N9O2S/c1-4-6-11-22-27(40-44-28(22)26-23(15-34)29(36)45-25(26)9-5-2)31-38-30(37-17-21-10-7-13-41(21)3)24(16-35)32(39-31)42-14-8-12-33(18-42)19-43-20-33/h16,21,35H,4-14,17-20,36H2,1-3H3,(H,37,38,39). The summed E-state index contributed by atoms with van der Waals surface area (Å²) in [6.45, 7) is 9.32. The van der Waals surface area contributed by atoms with Crippen LogP contribution in [-0.2, 0) is 17.6 Å². The van der Waals surface area contributed by atoms with E-state index in [1.54, 1.807) is 0 Å². The fourth-order valence-electron chi connectivity index (χ4n) is 7.06. The number of thiophene rings is 1. The zero-order valence-electron chi connectivity index (χ0n) is 26.7. The largest absolute Gasteiger partial charge is 0.389 e. The molecule has 1 atom stereocenters. The van der Waals surface area contributed by atoms with E-state index in [4.69, 9.17) is 30.4 Å². The third-order valence-electron chi connectivity index (χ3n) is 9.63. The molecule has 0 aliphatic carbocycles. The van der Waals surface area contributed by atoms with Gasteiger partial charge < -0.3 is 35.5 Å². The molecule has 6 rings (SSSR count). The zero-order chi connectivity index (χ0) is 31.6. The molecule has 11 nitrogen and oxygen atoms in total. The highest BCUT2D eigenvalue weighted by Gasteiger charge is 2.43. The number of unbranched alkanes of at least 4 members (excludes halogenated alkanes) is 1. The fourth-order valence-corrected chi connectivity index (χ4v) is 8.18. The molecule has 12 heteroatoms. The molecule has 3 fully saturated rings. The molecule has 4 N–H and O–H groups in total. The van der Waals surface area contributed by atoms with Gasteiger partial charge in [0.1, 0.15) is 22.7 Å². The number of hydrogen-bond donors (Lipinski definition) is 3. The van der Waals surface area contributed by atoms with E-state index in [0.29, 0.717) is 51.7 Å². The van der Waals surface area contributed by atoms with Gasteiger partial charge in [0.15, 0.2) is 17.3 Å². The number of likely N-dealkylation sites (N-methyl/N-ethyl adjacent to an activating group) is 1. The number of hydrogen-bond acceptors (Lipinski definition) is 12. The maximum absolute atomic E-state index is 10.1. The predicted molar refractivity (Wildman–Crippen MR) is 179 cm³/mol. The van der Waals surface area contributed by atoms with Crippen LogP contribution in [0.2, 0.25) is 0 Å². The molecule has 3 aliphatic rings. The molecule has 0 aromatic carbocycles. The summed E-state index contributed by atoms with van der Waals surface area (Å²) in [6.07, 6.45) is 10.2. The summed E-state index contributed by atoms with van der Waals surface area (Å²) in [6, 6.07) is 2.73. The summed E-state index contributed by atoms with van der Waals surface area (Å²) in [5.74, 6) is 2.46. The Balaban J connectivity index is 1.48. The van der Waals surface area contributed by atoms with Crippen molar-refractivity contribution >= 4 is 34.2 Å². The molecule has 6 heterocycles. The minimum atomic E-state index is 0.137. The average molecular weight is 632 g/mol. The second-order valence-electron chi connectivity index (χ2n) is 12.9. The number of ether oxygens (including phenoxy) is 1. The molecule has 45 heavy (non-hydrogen) atoms. The van der Waals surface area contributed by atoms with Crippen LogP contribution in [0.4, 0.5) is 16.6 Å². The number of nitriles is 1. The molecule has 0 radical (unpaired) electrons. The Morgan fingerprint density at radius 3 is 2.71 bits per heavy atom. The van der Waals surface area contributed by atoms with Crippen LogP contribution in [0, 0.1) is 22.2 Å². The minimum absolute atomic E-state index is 0.137. The first-order valence-electron chi connectivity index (χ1n) is 16.4. The number of rotatable bonds is 12. The van der Waals surface area contributed by atoms with E-state index in [9.17, 15) is 5.26 Å². The lowest BCUT2D eigenvalue weighted by Crippen LogP contribution is -2.54. The van der Waals surface area contributed by atoms with E-state index in [1.807, 2.05) is 0 Å². The molecule has 1 spiro atoms. The van der Waals surface area contributed by atoms with E-state index in [2.05, 4.69) is 47.2 Å². The highest BCUT2D eigenvalue weighted by molar-refractivity contribution is 7.16. The fraction of sp³-hybridized carbons (Fsp3) is 0.606. The molecule has 240 valence electrons. The van der Waals surface area contributed by atoms with Crippen LogP contribution in [0.3, 0.4) is 0 Å². The molecule has 0 bridgehead atoms. The van der Waals surface area contributed by atoms with Crippen molar-refractivity contribution < 1.29 is 9.26 Å². The number of nitrogen functional groups attached to an aromatic ring is 1. The lowest BCUT2D eigenvalue weighted by atomic mass is 9.78. The van der Waals surface area contributed by atoms with Gasteiger partial charge in [0.2, 0.25) is 0 Å². The summed E-state index contributed by atoms with van der Waals surface area (Å²) in [5, 5.41) is 27.3. The Bertz CT molecular complexity index is 1570. The van der Waals surface area contributed by atoms with Crippen LogP contribution >= 0.6 is 11.3 Å². The number of anilines is 3. The maximum Gasteiger partial charge on any atom is 0.186 e. The van der Waals surface area contributed by atoms with Crippen LogP contribution in [0.15, 0.2) is 4.52 Å². The Kier molecular flexibility index (Phi) is 9.40. The number of aryl methyl sites for hydroxylation is 1. The average Bonchev–Trinajstić information content (AvgIpc) is 3.73. The first kappa shape index (κ1) is 31.5. The summed E-state index contributed by atoms with van der Waals surface area (Å²) >= 11 is 1.46. The lowest BCUT2D eigenvalue weighted by molar-refractivity contribution is -0.117. The minimum Gasteiger partial charge on any atom is -0.389 e. The highest BCUT2D eigenvalue weighted by atomic mass is 32.1. The summed E-state index contributed by atoms with van der Waals surface area (Å²) in [7, 11) is 2.16. The van der Waals surface area contributed by atoms with E-state index < -0.39 is 0 Å². The Morgan fingerprint density at radius 1 is 1.20 bits per heavy atom. The van der Waals surface area contributed by atoms with Gasteiger partial charge in [0.05, 0.1) is 29.9 Å². The van der Waals surface area contributed by atoms with Crippen LogP contribution in [0.1, 0.15) is 80.4 Å². The van der Waals surface area contributed by atoms with Crippen molar-refractivity contribution in [2.24, 2.45) is 5.41 Å². The summed E-state index contributed by atoms with van der Waals surface area (Å²) in [5.41, 5.74) is 9.87. The summed E-state index contributed by atoms with van der Waals surface area (Å²) < 4.78 is 11.8. The molecule has 3 saturated heterocycles. The number of aromatic nitrogens is 3. The third kappa shape index (κ3) is 6.05. The first-order valence-corrected chi connectivity index (χ1v) is 17.2. The van der Waals surface area contributed by atoms with Crippen LogP contribution in [0.5, 0.6) is 0 Å². The first-order chi connectivity index (χ1) is 21.9. The van der Waals surface area contributed by atoms with Gasteiger partial charge in [-0.15, -0.1) is 11.3 Å². The Labute approximate surface area is 269 Å². The van der Waals surface area contributed by atoms with E-state index in [1.165, 1.54) is 24.0 Å². The zero-order valence-corrected chi connectivity index (χ0v) is 27.6. The molecule has 1 unspecified atom stereocenters. The van der Waals surface area contributed by atoms with E-state index in [-0.39, 0.29) is 5.41 Å². The van der Waals surface area contributed by atoms with Crippen molar-refractivity contribution in [1.82, 2.24) is 20.0 Å². The van der Waals surface area contributed by atoms with Crippen molar-refractivity contribution in [3.8, 4) is 28.9 Å². The number of nitrogens with two attached hydrogens (primary N) is 1. The number of nitrogens with one attached hydrogen (secondary N) is 2.